The van der Waals surface area contributed by atoms with Gasteiger partial charge in [0.05, 0.1) is 6.61 Å². The van der Waals surface area contributed by atoms with E-state index in [0.717, 1.165) is 6.08 Å². The van der Waals surface area contributed by atoms with Gasteiger partial charge in [-0.3, -0.25) is 9.59 Å². The summed E-state index contributed by atoms with van der Waals surface area (Å²) in [5.74, 6) is -0.986. The molecule has 0 fully saturated rings. The molecule has 0 spiro atoms. The van der Waals surface area contributed by atoms with E-state index < -0.39 is 5.97 Å². The molecule has 1 N–H and O–H groups in total. The lowest BCUT2D eigenvalue weighted by molar-refractivity contribution is -0.139. The fourth-order valence-electron chi connectivity index (χ4n) is 1.39. The zero-order valence-corrected chi connectivity index (χ0v) is 12.4. The molecule has 0 bridgehead atoms. The average Bonchev–Trinajstić information content (AvgIpc) is 2.47. The fraction of sp³-hybridized carbons (Fsp3) is 0.400. The number of nitrogens with one attached hydrogen (secondary N) is 1. The fourth-order valence-corrected chi connectivity index (χ4v) is 1.39. The number of rotatable bonds is 10. The van der Waals surface area contributed by atoms with Gasteiger partial charge in [0.25, 0.3) is 0 Å². The van der Waals surface area contributed by atoms with Gasteiger partial charge in [0, 0.05) is 25.2 Å². The zero-order chi connectivity index (χ0) is 16.3. The van der Waals surface area contributed by atoms with Crippen molar-refractivity contribution in [3.05, 3.63) is 37.5 Å². The molecule has 2 amide bonds. The van der Waals surface area contributed by atoms with Gasteiger partial charge in [0.15, 0.2) is 0 Å². The van der Waals surface area contributed by atoms with Crippen molar-refractivity contribution in [1.29, 1.82) is 0 Å². The first-order chi connectivity index (χ1) is 9.92. The van der Waals surface area contributed by atoms with Crippen molar-refractivity contribution in [2.45, 2.75) is 13.3 Å². The molecule has 21 heavy (non-hydrogen) atoms. The number of carbonyl (C=O) groups is 3. The van der Waals surface area contributed by atoms with Gasteiger partial charge in [-0.1, -0.05) is 19.7 Å². The van der Waals surface area contributed by atoms with Crippen molar-refractivity contribution in [1.82, 2.24) is 10.2 Å². The lowest BCUT2D eigenvalue weighted by atomic mass is 10.3. The Labute approximate surface area is 125 Å². The molecule has 0 saturated carbocycles. The van der Waals surface area contributed by atoms with Crippen molar-refractivity contribution in [2.24, 2.45) is 0 Å². The van der Waals surface area contributed by atoms with Crippen LogP contribution in [0.4, 0.5) is 0 Å². The number of amides is 2. The normalized spacial score (nSPS) is 9.38. The minimum Gasteiger partial charge on any atom is -0.462 e. The third kappa shape index (κ3) is 8.41. The standard InChI is InChI=1S/C15H22N2O4/c1-5-13(18)16-8-10-17(14(19)6-2)9-7-11-21-15(20)12(3)4/h5-6H,1-3,7-11H2,4H3,(H,16,18). The van der Waals surface area contributed by atoms with E-state index in [9.17, 15) is 14.4 Å². The van der Waals surface area contributed by atoms with Gasteiger partial charge in [0.2, 0.25) is 11.8 Å². The molecule has 116 valence electrons. The minimum absolute atomic E-state index is 0.200. The molecule has 0 heterocycles. The summed E-state index contributed by atoms with van der Waals surface area (Å²) in [5, 5.41) is 2.58. The second-order valence-electron chi connectivity index (χ2n) is 4.29. The maximum absolute atomic E-state index is 11.6. The Morgan fingerprint density at radius 1 is 1.19 bits per heavy atom. The van der Waals surface area contributed by atoms with Crippen LogP contribution < -0.4 is 5.32 Å². The van der Waals surface area contributed by atoms with Crippen LogP contribution in [0, 0.1) is 0 Å². The Balaban J connectivity index is 4.13. The molecule has 6 nitrogen and oxygen atoms in total. The number of nitrogens with zero attached hydrogens (tertiary/aromatic N) is 1. The highest BCUT2D eigenvalue weighted by molar-refractivity contribution is 5.88. The maximum Gasteiger partial charge on any atom is 0.333 e. The van der Waals surface area contributed by atoms with E-state index in [1.165, 1.54) is 11.0 Å². The van der Waals surface area contributed by atoms with E-state index in [0.29, 0.717) is 31.6 Å². The summed E-state index contributed by atoms with van der Waals surface area (Å²) in [7, 11) is 0. The largest absolute Gasteiger partial charge is 0.462 e. The molecule has 0 atom stereocenters. The van der Waals surface area contributed by atoms with Crippen molar-refractivity contribution >= 4 is 17.8 Å². The average molecular weight is 294 g/mol. The Hall–Kier alpha value is -2.37. The lowest BCUT2D eigenvalue weighted by Gasteiger charge is -2.21. The lowest BCUT2D eigenvalue weighted by Crippen LogP contribution is -2.38. The minimum atomic E-state index is -0.449. The van der Waals surface area contributed by atoms with Crippen LogP contribution in [0.25, 0.3) is 0 Å². The summed E-state index contributed by atoms with van der Waals surface area (Å²) >= 11 is 0. The van der Waals surface area contributed by atoms with Crippen LogP contribution in [0.5, 0.6) is 0 Å². The number of ether oxygens (including phenoxy) is 1. The highest BCUT2D eigenvalue weighted by Gasteiger charge is 2.10. The topological polar surface area (TPSA) is 75.7 Å². The monoisotopic (exact) mass is 294 g/mol. The quantitative estimate of drug-likeness (QED) is 0.367. The maximum atomic E-state index is 11.6. The first-order valence-corrected chi connectivity index (χ1v) is 6.56. The van der Waals surface area contributed by atoms with Crippen molar-refractivity contribution in [3.8, 4) is 0 Å². The SMILES string of the molecule is C=CC(=O)NCCN(CCCOC(=O)C(=C)C)C(=O)C=C. The van der Waals surface area contributed by atoms with Crippen LogP contribution in [0.3, 0.4) is 0 Å². The molecule has 0 saturated heterocycles. The third-order valence-corrected chi connectivity index (χ3v) is 2.51. The van der Waals surface area contributed by atoms with Gasteiger partial charge in [-0.25, -0.2) is 4.79 Å². The molecular weight excluding hydrogens is 272 g/mol. The van der Waals surface area contributed by atoms with Crippen molar-refractivity contribution in [2.75, 3.05) is 26.2 Å². The molecule has 0 aliphatic rings. The Morgan fingerprint density at radius 3 is 2.38 bits per heavy atom. The van der Waals surface area contributed by atoms with E-state index >= 15 is 0 Å². The summed E-state index contributed by atoms with van der Waals surface area (Å²) in [6.45, 7) is 13.1. The molecule has 0 rings (SSSR count). The van der Waals surface area contributed by atoms with E-state index in [1.807, 2.05) is 0 Å². The van der Waals surface area contributed by atoms with Crippen molar-refractivity contribution in [3.63, 3.8) is 0 Å². The molecule has 0 radical (unpaired) electrons. The van der Waals surface area contributed by atoms with Gasteiger partial charge < -0.3 is 15.0 Å². The molecule has 0 aliphatic carbocycles. The second-order valence-corrected chi connectivity index (χ2v) is 4.29. The number of hydrogen-bond acceptors (Lipinski definition) is 4. The Morgan fingerprint density at radius 2 is 1.86 bits per heavy atom. The summed E-state index contributed by atoms with van der Waals surface area (Å²) < 4.78 is 4.94. The second kappa shape index (κ2) is 10.4. The first kappa shape index (κ1) is 18.6. The summed E-state index contributed by atoms with van der Waals surface area (Å²) in [6.07, 6.45) is 2.86. The molecular formula is C15H22N2O4. The molecule has 0 aromatic rings. The predicted molar refractivity (Wildman–Crippen MR) is 80.4 cm³/mol. The number of carbonyl (C=O) groups excluding carboxylic acids is 3. The molecule has 0 unspecified atom stereocenters. The van der Waals surface area contributed by atoms with E-state index in [-0.39, 0.29) is 18.4 Å². The summed E-state index contributed by atoms with van der Waals surface area (Å²) in [6, 6.07) is 0. The van der Waals surface area contributed by atoms with E-state index in [2.05, 4.69) is 25.1 Å². The first-order valence-electron chi connectivity index (χ1n) is 6.56. The van der Waals surface area contributed by atoms with Gasteiger partial charge in [-0.15, -0.1) is 0 Å². The van der Waals surface area contributed by atoms with Crippen LogP contribution in [0.2, 0.25) is 0 Å². The number of esters is 1. The van der Waals surface area contributed by atoms with Gasteiger partial charge >= 0.3 is 5.97 Å². The van der Waals surface area contributed by atoms with Crippen molar-refractivity contribution < 1.29 is 19.1 Å². The van der Waals surface area contributed by atoms with E-state index in [4.69, 9.17) is 4.74 Å². The molecule has 0 aromatic heterocycles. The van der Waals surface area contributed by atoms with Crippen LogP contribution >= 0.6 is 0 Å². The third-order valence-electron chi connectivity index (χ3n) is 2.51. The van der Waals surface area contributed by atoms with E-state index in [1.54, 1.807) is 6.92 Å². The number of hydrogen-bond donors (Lipinski definition) is 1. The predicted octanol–water partition coefficient (Wildman–Crippen LogP) is 0.813. The molecule has 0 aromatic carbocycles. The summed E-state index contributed by atoms with van der Waals surface area (Å²) in [4.78, 5) is 35.4. The molecule has 6 heteroatoms. The highest BCUT2D eigenvalue weighted by atomic mass is 16.5. The highest BCUT2D eigenvalue weighted by Crippen LogP contribution is 1.97. The van der Waals surface area contributed by atoms with Gasteiger partial charge in [-0.05, 0) is 25.5 Å². The van der Waals surface area contributed by atoms with Crippen LogP contribution in [-0.2, 0) is 19.1 Å². The van der Waals surface area contributed by atoms with Crippen LogP contribution in [0.1, 0.15) is 13.3 Å². The van der Waals surface area contributed by atoms with Gasteiger partial charge in [0.1, 0.15) is 0 Å². The van der Waals surface area contributed by atoms with Crippen LogP contribution in [-0.4, -0.2) is 48.9 Å². The Bertz CT molecular complexity index is 429. The zero-order valence-electron chi connectivity index (χ0n) is 12.4. The van der Waals surface area contributed by atoms with Gasteiger partial charge in [-0.2, -0.15) is 0 Å². The Kier molecular flexibility index (Phi) is 9.25. The summed E-state index contributed by atoms with van der Waals surface area (Å²) in [5.41, 5.74) is 0.334. The smallest absolute Gasteiger partial charge is 0.333 e. The van der Waals surface area contributed by atoms with Crippen LogP contribution in [0.15, 0.2) is 37.5 Å². The molecule has 0 aliphatic heterocycles.